The number of rotatable bonds is 2. The Morgan fingerprint density at radius 2 is 2.10 bits per heavy atom. The van der Waals surface area contributed by atoms with Crippen LogP contribution >= 0.6 is 12.2 Å². The standard InChI is InChI=1S/C16H16N2OS/c19-14-16(9-12-6-7-13(16)8-12)17-15(20)18(14)10-11-4-2-1-3-5-11/h1-7,12-13H,8-10H2,(H,17,20)/t12-,13+,16-/m0/s1. The fraction of sp³-hybridized carbons (Fsp3) is 0.375. The van der Waals surface area contributed by atoms with Gasteiger partial charge < -0.3 is 5.32 Å². The van der Waals surface area contributed by atoms with E-state index in [-0.39, 0.29) is 5.91 Å². The average Bonchev–Trinajstić information content (AvgIpc) is 3.11. The van der Waals surface area contributed by atoms with Crippen molar-refractivity contribution in [3.8, 4) is 0 Å². The van der Waals surface area contributed by atoms with Crippen LogP contribution in [0.15, 0.2) is 42.5 Å². The maximum Gasteiger partial charge on any atom is 0.255 e. The number of thiocarbonyl (C=S) groups is 1. The van der Waals surface area contributed by atoms with E-state index in [4.69, 9.17) is 12.2 Å². The van der Waals surface area contributed by atoms with Gasteiger partial charge in [-0.05, 0) is 36.5 Å². The van der Waals surface area contributed by atoms with Crippen molar-refractivity contribution in [3.05, 3.63) is 48.0 Å². The van der Waals surface area contributed by atoms with Gasteiger partial charge in [0.1, 0.15) is 5.54 Å². The lowest BCUT2D eigenvalue weighted by atomic mass is 9.84. The second-order valence-electron chi connectivity index (χ2n) is 5.97. The Labute approximate surface area is 123 Å². The molecule has 1 saturated carbocycles. The number of nitrogens with one attached hydrogen (secondary N) is 1. The zero-order valence-corrected chi connectivity index (χ0v) is 11.9. The van der Waals surface area contributed by atoms with Crippen LogP contribution in [0.3, 0.4) is 0 Å². The summed E-state index contributed by atoms with van der Waals surface area (Å²) in [6.07, 6.45) is 6.40. The molecule has 102 valence electrons. The fourth-order valence-electron chi connectivity index (χ4n) is 3.80. The number of nitrogens with zero attached hydrogens (tertiary/aromatic N) is 1. The van der Waals surface area contributed by atoms with Crippen LogP contribution in [0.4, 0.5) is 0 Å². The summed E-state index contributed by atoms with van der Waals surface area (Å²) in [5.41, 5.74) is 0.659. The highest BCUT2D eigenvalue weighted by molar-refractivity contribution is 7.80. The van der Waals surface area contributed by atoms with Gasteiger partial charge in [0.2, 0.25) is 0 Å². The van der Waals surface area contributed by atoms with E-state index in [2.05, 4.69) is 17.5 Å². The van der Waals surface area contributed by atoms with Gasteiger partial charge >= 0.3 is 0 Å². The molecule has 1 heterocycles. The predicted octanol–water partition coefficient (Wildman–Crippen LogP) is 2.24. The zero-order valence-electron chi connectivity index (χ0n) is 11.1. The molecule has 1 aromatic rings. The number of amides is 1. The van der Waals surface area contributed by atoms with Gasteiger partial charge in [0, 0.05) is 5.92 Å². The minimum absolute atomic E-state index is 0.156. The summed E-state index contributed by atoms with van der Waals surface area (Å²) >= 11 is 5.41. The van der Waals surface area contributed by atoms with Gasteiger partial charge in [-0.2, -0.15) is 0 Å². The maximum atomic E-state index is 12.9. The van der Waals surface area contributed by atoms with Crippen molar-refractivity contribution in [3.63, 3.8) is 0 Å². The fourth-order valence-corrected chi connectivity index (χ4v) is 4.13. The molecule has 4 heteroatoms. The van der Waals surface area contributed by atoms with Crippen molar-refractivity contribution in [1.29, 1.82) is 0 Å². The highest BCUT2D eigenvalue weighted by Gasteiger charge is 2.59. The molecule has 4 rings (SSSR count). The second kappa shape index (κ2) is 4.16. The summed E-state index contributed by atoms with van der Waals surface area (Å²) in [4.78, 5) is 14.6. The van der Waals surface area contributed by atoms with Crippen molar-refractivity contribution >= 4 is 23.2 Å². The molecular weight excluding hydrogens is 268 g/mol. The largest absolute Gasteiger partial charge is 0.347 e. The van der Waals surface area contributed by atoms with Crippen molar-refractivity contribution in [1.82, 2.24) is 10.2 Å². The zero-order chi connectivity index (χ0) is 13.7. The minimum atomic E-state index is -0.453. The summed E-state index contributed by atoms with van der Waals surface area (Å²) in [6, 6.07) is 10.0. The van der Waals surface area contributed by atoms with Crippen LogP contribution < -0.4 is 5.32 Å². The predicted molar refractivity (Wildman–Crippen MR) is 80.8 cm³/mol. The first-order valence-corrected chi connectivity index (χ1v) is 7.46. The lowest BCUT2D eigenvalue weighted by Gasteiger charge is -2.28. The van der Waals surface area contributed by atoms with E-state index in [1.807, 2.05) is 30.3 Å². The van der Waals surface area contributed by atoms with Crippen LogP contribution in [0.5, 0.6) is 0 Å². The van der Waals surface area contributed by atoms with Crippen molar-refractivity contribution in [2.75, 3.05) is 0 Å². The lowest BCUT2D eigenvalue weighted by molar-refractivity contribution is -0.132. The summed E-state index contributed by atoms with van der Waals surface area (Å²) in [7, 11) is 0. The minimum Gasteiger partial charge on any atom is -0.347 e. The third kappa shape index (κ3) is 1.57. The number of hydrogen-bond donors (Lipinski definition) is 1. The van der Waals surface area contributed by atoms with Crippen molar-refractivity contribution < 1.29 is 4.79 Å². The molecule has 0 radical (unpaired) electrons. The van der Waals surface area contributed by atoms with Crippen LogP contribution in [0.25, 0.3) is 0 Å². The Balaban J connectivity index is 1.62. The quantitative estimate of drug-likeness (QED) is 0.668. The number of allylic oxidation sites excluding steroid dienone is 1. The van der Waals surface area contributed by atoms with Crippen molar-refractivity contribution in [2.45, 2.75) is 24.9 Å². The first kappa shape index (κ1) is 12.1. The third-order valence-electron chi connectivity index (χ3n) is 4.77. The summed E-state index contributed by atoms with van der Waals surface area (Å²) in [5.74, 6) is 0.998. The van der Waals surface area contributed by atoms with Crippen LogP contribution in [-0.4, -0.2) is 21.5 Å². The van der Waals surface area contributed by atoms with Gasteiger partial charge in [0.05, 0.1) is 6.54 Å². The van der Waals surface area contributed by atoms with E-state index in [9.17, 15) is 4.79 Å². The molecule has 1 saturated heterocycles. The first-order valence-electron chi connectivity index (χ1n) is 7.05. The van der Waals surface area contributed by atoms with E-state index in [0.29, 0.717) is 23.5 Å². The highest BCUT2D eigenvalue weighted by atomic mass is 32.1. The molecular formula is C16H16N2OS. The van der Waals surface area contributed by atoms with Gasteiger partial charge in [-0.1, -0.05) is 42.5 Å². The molecule has 3 aliphatic rings. The van der Waals surface area contributed by atoms with Gasteiger partial charge in [0.25, 0.3) is 5.91 Å². The molecule has 2 bridgehead atoms. The SMILES string of the molecule is O=C1N(Cc2ccccc2)C(=S)N[C@]12C[C@H]1C=C[C@@H]2C1. The smallest absolute Gasteiger partial charge is 0.255 e. The molecule has 1 spiro atoms. The topological polar surface area (TPSA) is 32.3 Å². The monoisotopic (exact) mass is 284 g/mol. The van der Waals surface area contributed by atoms with Crippen LogP contribution in [0, 0.1) is 11.8 Å². The Morgan fingerprint density at radius 1 is 1.30 bits per heavy atom. The average molecular weight is 284 g/mol. The van der Waals surface area contributed by atoms with Crippen LogP contribution in [0.1, 0.15) is 18.4 Å². The molecule has 0 aromatic heterocycles. The van der Waals surface area contributed by atoms with E-state index in [0.717, 1.165) is 18.4 Å². The molecule has 20 heavy (non-hydrogen) atoms. The van der Waals surface area contributed by atoms with E-state index < -0.39 is 5.54 Å². The maximum absolute atomic E-state index is 12.9. The van der Waals surface area contributed by atoms with Gasteiger partial charge in [0.15, 0.2) is 5.11 Å². The Kier molecular flexibility index (Phi) is 2.51. The third-order valence-corrected chi connectivity index (χ3v) is 5.10. The molecule has 1 N–H and O–H groups in total. The molecule has 2 fully saturated rings. The highest BCUT2D eigenvalue weighted by Crippen LogP contribution is 2.49. The molecule has 2 aliphatic carbocycles. The normalized spacial score (nSPS) is 34.3. The van der Waals surface area contributed by atoms with E-state index in [1.54, 1.807) is 4.90 Å². The molecule has 0 unspecified atom stereocenters. The first-order chi connectivity index (χ1) is 9.69. The number of hydrogen-bond acceptors (Lipinski definition) is 2. The number of fused-ring (bicyclic) bond motifs is 3. The number of carbonyl (C=O) groups excluding carboxylic acids is 1. The summed E-state index contributed by atoms with van der Waals surface area (Å²) in [5, 5.41) is 3.92. The molecule has 3 nitrogen and oxygen atoms in total. The Bertz CT molecular complexity index is 612. The van der Waals surface area contributed by atoms with Gasteiger partial charge in [-0.15, -0.1) is 0 Å². The second-order valence-corrected chi connectivity index (χ2v) is 6.36. The molecule has 1 amide bonds. The van der Waals surface area contributed by atoms with E-state index >= 15 is 0 Å². The van der Waals surface area contributed by atoms with Crippen LogP contribution in [0.2, 0.25) is 0 Å². The Hall–Kier alpha value is -1.68. The van der Waals surface area contributed by atoms with Gasteiger partial charge in [-0.25, -0.2) is 0 Å². The number of benzene rings is 1. The van der Waals surface area contributed by atoms with Crippen LogP contribution in [-0.2, 0) is 11.3 Å². The lowest BCUT2D eigenvalue weighted by Crippen LogP contribution is -2.50. The van der Waals surface area contributed by atoms with Gasteiger partial charge in [-0.3, -0.25) is 9.69 Å². The number of carbonyl (C=O) groups is 1. The Morgan fingerprint density at radius 3 is 2.75 bits per heavy atom. The van der Waals surface area contributed by atoms with Crippen molar-refractivity contribution in [2.24, 2.45) is 11.8 Å². The summed E-state index contributed by atoms with van der Waals surface area (Å²) in [6.45, 7) is 0.564. The van der Waals surface area contributed by atoms with E-state index in [1.165, 1.54) is 0 Å². The molecule has 3 atom stereocenters. The molecule has 1 aliphatic heterocycles. The summed E-state index contributed by atoms with van der Waals surface area (Å²) < 4.78 is 0. The molecule has 1 aromatic carbocycles.